The van der Waals surface area contributed by atoms with E-state index in [1.165, 1.54) is 6.33 Å². The SMILES string of the molecule is CCOC(=O)c1ncnc(NCc2c(OC)cc(OC)cc2OC)c1Br. The largest absolute Gasteiger partial charge is 0.496 e. The summed E-state index contributed by atoms with van der Waals surface area (Å²) >= 11 is 3.35. The molecule has 0 unspecified atom stereocenters. The second-order valence-electron chi connectivity index (χ2n) is 4.97. The van der Waals surface area contributed by atoms with Gasteiger partial charge in [-0.15, -0.1) is 0 Å². The van der Waals surface area contributed by atoms with Crippen LogP contribution in [0.15, 0.2) is 22.9 Å². The lowest BCUT2D eigenvalue weighted by atomic mass is 10.1. The van der Waals surface area contributed by atoms with Crippen molar-refractivity contribution in [3.05, 3.63) is 34.2 Å². The molecule has 0 saturated heterocycles. The fourth-order valence-corrected chi connectivity index (χ4v) is 2.77. The Labute approximate surface area is 160 Å². The number of halogens is 1. The van der Waals surface area contributed by atoms with Crippen LogP contribution in [0.25, 0.3) is 0 Å². The van der Waals surface area contributed by atoms with Gasteiger partial charge in [0, 0.05) is 18.7 Å². The molecule has 1 aromatic heterocycles. The summed E-state index contributed by atoms with van der Waals surface area (Å²) in [6, 6.07) is 3.52. The molecule has 9 heteroatoms. The van der Waals surface area contributed by atoms with E-state index >= 15 is 0 Å². The number of hydrogen-bond donors (Lipinski definition) is 1. The minimum atomic E-state index is -0.524. The van der Waals surface area contributed by atoms with Crippen LogP contribution in [0.2, 0.25) is 0 Å². The second kappa shape index (κ2) is 9.23. The molecular formula is C17H20BrN3O5. The van der Waals surface area contributed by atoms with Crippen LogP contribution in [-0.2, 0) is 11.3 Å². The lowest BCUT2D eigenvalue weighted by Crippen LogP contribution is -2.12. The number of esters is 1. The maximum atomic E-state index is 11.9. The van der Waals surface area contributed by atoms with Crippen molar-refractivity contribution in [1.82, 2.24) is 9.97 Å². The number of benzene rings is 1. The molecule has 0 atom stereocenters. The van der Waals surface area contributed by atoms with E-state index < -0.39 is 5.97 Å². The molecule has 0 aliphatic carbocycles. The standard InChI is InChI=1S/C17H20BrN3O5/c1-5-26-17(22)15-14(18)16(21-9-20-15)19-8-11-12(24-3)6-10(23-2)7-13(11)25-4/h6-7,9H,5,8H2,1-4H3,(H,19,20,21). The molecule has 0 saturated carbocycles. The molecule has 0 radical (unpaired) electrons. The van der Waals surface area contributed by atoms with E-state index in [9.17, 15) is 4.79 Å². The zero-order chi connectivity index (χ0) is 19.1. The highest BCUT2D eigenvalue weighted by Gasteiger charge is 2.18. The summed E-state index contributed by atoms with van der Waals surface area (Å²) in [5, 5.41) is 3.15. The van der Waals surface area contributed by atoms with Gasteiger partial charge in [0.15, 0.2) is 5.69 Å². The minimum absolute atomic E-state index is 0.151. The summed E-state index contributed by atoms with van der Waals surface area (Å²) in [7, 11) is 4.70. The zero-order valence-corrected chi connectivity index (χ0v) is 16.5. The van der Waals surface area contributed by atoms with Crippen molar-refractivity contribution in [3.8, 4) is 17.2 Å². The number of hydrogen-bond acceptors (Lipinski definition) is 8. The molecule has 26 heavy (non-hydrogen) atoms. The summed E-state index contributed by atoms with van der Waals surface area (Å²) in [5.74, 6) is 1.75. The smallest absolute Gasteiger partial charge is 0.358 e. The predicted molar refractivity (Wildman–Crippen MR) is 99.1 cm³/mol. The van der Waals surface area contributed by atoms with E-state index in [4.69, 9.17) is 18.9 Å². The van der Waals surface area contributed by atoms with Gasteiger partial charge in [0.05, 0.1) is 38.0 Å². The monoisotopic (exact) mass is 425 g/mol. The normalized spacial score (nSPS) is 10.2. The Morgan fingerprint density at radius 1 is 1.12 bits per heavy atom. The van der Waals surface area contributed by atoms with E-state index in [1.807, 2.05) is 0 Å². The van der Waals surface area contributed by atoms with Crippen LogP contribution in [0.4, 0.5) is 5.82 Å². The molecular weight excluding hydrogens is 406 g/mol. The van der Waals surface area contributed by atoms with Gasteiger partial charge in [-0.2, -0.15) is 0 Å². The average molecular weight is 426 g/mol. The number of ether oxygens (including phenoxy) is 4. The van der Waals surface area contributed by atoms with Crippen molar-refractivity contribution >= 4 is 27.7 Å². The summed E-state index contributed by atoms with van der Waals surface area (Å²) in [6.07, 6.45) is 1.29. The fraction of sp³-hybridized carbons (Fsp3) is 0.353. The molecule has 1 aromatic carbocycles. The van der Waals surface area contributed by atoms with Crippen molar-refractivity contribution in [2.24, 2.45) is 0 Å². The Balaban J connectivity index is 2.29. The molecule has 0 aliphatic rings. The molecule has 0 bridgehead atoms. The number of nitrogens with zero attached hydrogens (tertiary/aromatic N) is 2. The van der Waals surface area contributed by atoms with Crippen LogP contribution < -0.4 is 19.5 Å². The highest BCUT2D eigenvalue weighted by molar-refractivity contribution is 9.10. The Morgan fingerprint density at radius 3 is 2.31 bits per heavy atom. The number of aromatic nitrogens is 2. The molecule has 0 spiro atoms. The molecule has 8 nitrogen and oxygen atoms in total. The van der Waals surface area contributed by atoms with Crippen LogP contribution in [-0.4, -0.2) is 43.9 Å². The molecule has 1 heterocycles. The van der Waals surface area contributed by atoms with E-state index in [0.29, 0.717) is 34.1 Å². The van der Waals surface area contributed by atoms with Crippen LogP contribution in [0.5, 0.6) is 17.2 Å². The first-order valence-electron chi connectivity index (χ1n) is 7.76. The van der Waals surface area contributed by atoms with Crippen LogP contribution in [0.1, 0.15) is 23.0 Å². The van der Waals surface area contributed by atoms with Crippen molar-refractivity contribution < 1.29 is 23.7 Å². The van der Waals surface area contributed by atoms with Gasteiger partial charge in [-0.25, -0.2) is 14.8 Å². The van der Waals surface area contributed by atoms with Crippen LogP contribution >= 0.6 is 15.9 Å². The Bertz CT molecular complexity index is 760. The molecule has 2 aromatic rings. The first-order valence-corrected chi connectivity index (χ1v) is 8.55. The van der Waals surface area contributed by atoms with Gasteiger partial charge >= 0.3 is 5.97 Å². The number of anilines is 1. The third-order valence-electron chi connectivity index (χ3n) is 3.51. The van der Waals surface area contributed by atoms with E-state index in [0.717, 1.165) is 5.56 Å². The summed E-state index contributed by atoms with van der Waals surface area (Å²) in [5.41, 5.74) is 0.928. The maximum Gasteiger partial charge on any atom is 0.358 e. The Kier molecular flexibility index (Phi) is 7.02. The van der Waals surface area contributed by atoms with Crippen LogP contribution in [0.3, 0.4) is 0 Å². The zero-order valence-electron chi connectivity index (χ0n) is 15.0. The lowest BCUT2D eigenvalue weighted by Gasteiger charge is -2.16. The number of rotatable bonds is 8. The first kappa shape index (κ1) is 19.8. The van der Waals surface area contributed by atoms with Gasteiger partial charge in [0.2, 0.25) is 0 Å². The Morgan fingerprint density at radius 2 is 1.77 bits per heavy atom. The lowest BCUT2D eigenvalue weighted by molar-refractivity contribution is 0.0518. The third kappa shape index (κ3) is 4.34. The first-order chi connectivity index (χ1) is 12.5. The summed E-state index contributed by atoms with van der Waals surface area (Å²) in [6.45, 7) is 2.33. The van der Waals surface area contributed by atoms with Crippen molar-refractivity contribution in [1.29, 1.82) is 0 Å². The van der Waals surface area contributed by atoms with E-state index in [-0.39, 0.29) is 12.3 Å². The maximum absolute atomic E-state index is 11.9. The van der Waals surface area contributed by atoms with Gasteiger partial charge < -0.3 is 24.3 Å². The highest BCUT2D eigenvalue weighted by atomic mass is 79.9. The van der Waals surface area contributed by atoms with Crippen molar-refractivity contribution in [3.63, 3.8) is 0 Å². The Hall–Kier alpha value is -2.55. The van der Waals surface area contributed by atoms with Gasteiger partial charge in [-0.05, 0) is 22.9 Å². The highest BCUT2D eigenvalue weighted by Crippen LogP contribution is 2.35. The van der Waals surface area contributed by atoms with Gasteiger partial charge in [-0.3, -0.25) is 0 Å². The van der Waals surface area contributed by atoms with Crippen molar-refractivity contribution in [2.45, 2.75) is 13.5 Å². The summed E-state index contributed by atoms with van der Waals surface area (Å²) < 4.78 is 21.5. The van der Waals surface area contributed by atoms with Gasteiger partial charge in [0.1, 0.15) is 29.4 Å². The molecule has 140 valence electrons. The third-order valence-corrected chi connectivity index (χ3v) is 4.26. The predicted octanol–water partition coefficient (Wildman–Crippen LogP) is 3.05. The fourth-order valence-electron chi connectivity index (χ4n) is 2.26. The van der Waals surface area contributed by atoms with Crippen LogP contribution in [0, 0.1) is 0 Å². The molecule has 2 rings (SSSR count). The number of carbonyl (C=O) groups is 1. The summed E-state index contributed by atoms with van der Waals surface area (Å²) in [4.78, 5) is 20.1. The number of nitrogens with one attached hydrogen (secondary N) is 1. The molecule has 0 amide bonds. The molecule has 1 N–H and O–H groups in total. The van der Waals surface area contributed by atoms with E-state index in [1.54, 1.807) is 40.4 Å². The quantitative estimate of drug-likeness (QED) is 0.645. The number of methoxy groups -OCH3 is 3. The van der Waals surface area contributed by atoms with Gasteiger partial charge in [0.25, 0.3) is 0 Å². The van der Waals surface area contributed by atoms with E-state index in [2.05, 4.69) is 31.2 Å². The van der Waals surface area contributed by atoms with Crippen molar-refractivity contribution in [2.75, 3.05) is 33.3 Å². The molecule has 0 aliphatic heterocycles. The molecule has 0 fully saturated rings. The minimum Gasteiger partial charge on any atom is -0.496 e. The topological polar surface area (TPSA) is 91.8 Å². The van der Waals surface area contributed by atoms with Gasteiger partial charge in [-0.1, -0.05) is 0 Å². The average Bonchev–Trinajstić information content (AvgIpc) is 2.66. The second-order valence-corrected chi connectivity index (χ2v) is 5.76. The number of carbonyl (C=O) groups excluding carboxylic acids is 1.